The molecule has 2 aromatic rings. The minimum absolute atomic E-state index is 0.0677. The number of anilines is 1. The second kappa shape index (κ2) is 7.59. The number of likely N-dealkylation sites (N-methyl/N-ethyl adjacent to an activating group) is 2. The van der Waals surface area contributed by atoms with Crippen molar-refractivity contribution >= 4 is 17.6 Å². The van der Waals surface area contributed by atoms with Gasteiger partial charge in [0.15, 0.2) is 0 Å². The third-order valence-corrected chi connectivity index (χ3v) is 4.48. The van der Waals surface area contributed by atoms with Crippen molar-refractivity contribution in [3.05, 3.63) is 77.2 Å². The van der Waals surface area contributed by atoms with Crippen molar-refractivity contribution in [2.75, 3.05) is 18.9 Å². The summed E-state index contributed by atoms with van der Waals surface area (Å²) in [6, 6.07) is 14.0. The SMILES string of the molecule is CCN1C(=O)C(Nc2cccc(F)c2)=C(C(=O)O)C(c2ccccc2)N1C. The molecule has 0 saturated heterocycles. The second-order valence-corrected chi connectivity index (χ2v) is 6.14. The fourth-order valence-electron chi connectivity index (χ4n) is 3.29. The highest BCUT2D eigenvalue weighted by Gasteiger charge is 2.41. The number of nitrogens with one attached hydrogen (secondary N) is 1. The number of aliphatic carboxylic acids is 1. The number of hydrazine groups is 1. The molecule has 0 spiro atoms. The molecule has 7 heteroatoms. The summed E-state index contributed by atoms with van der Waals surface area (Å²) in [6.07, 6.45) is 0. The van der Waals surface area contributed by atoms with Crippen LogP contribution in [0.1, 0.15) is 18.5 Å². The van der Waals surface area contributed by atoms with Crippen molar-refractivity contribution in [2.24, 2.45) is 0 Å². The van der Waals surface area contributed by atoms with Crippen LogP contribution in [0.4, 0.5) is 10.1 Å². The van der Waals surface area contributed by atoms with E-state index < -0.39 is 23.7 Å². The monoisotopic (exact) mass is 369 g/mol. The van der Waals surface area contributed by atoms with Crippen LogP contribution in [-0.2, 0) is 9.59 Å². The van der Waals surface area contributed by atoms with Gasteiger partial charge in [0.1, 0.15) is 11.5 Å². The Bertz CT molecular complexity index is 898. The van der Waals surface area contributed by atoms with Gasteiger partial charge in [-0.3, -0.25) is 9.80 Å². The van der Waals surface area contributed by atoms with E-state index in [1.807, 2.05) is 37.3 Å². The molecule has 2 N–H and O–H groups in total. The third kappa shape index (κ3) is 3.54. The number of hydrogen-bond donors (Lipinski definition) is 2. The van der Waals surface area contributed by atoms with Gasteiger partial charge in [-0.1, -0.05) is 36.4 Å². The number of nitrogens with zero attached hydrogens (tertiary/aromatic N) is 2. The van der Waals surface area contributed by atoms with Crippen LogP contribution in [0, 0.1) is 5.82 Å². The molecule has 1 unspecified atom stereocenters. The average molecular weight is 369 g/mol. The van der Waals surface area contributed by atoms with Gasteiger partial charge in [-0.25, -0.2) is 14.2 Å². The van der Waals surface area contributed by atoms with Crippen LogP contribution < -0.4 is 5.32 Å². The lowest BCUT2D eigenvalue weighted by Crippen LogP contribution is -2.53. The molecule has 0 saturated carbocycles. The molecule has 1 atom stereocenters. The lowest BCUT2D eigenvalue weighted by molar-refractivity contribution is -0.151. The van der Waals surface area contributed by atoms with Crippen molar-refractivity contribution in [1.29, 1.82) is 0 Å². The molecule has 0 radical (unpaired) electrons. The summed E-state index contributed by atoms with van der Waals surface area (Å²) in [5.41, 5.74) is 0.899. The van der Waals surface area contributed by atoms with Crippen LogP contribution in [0.15, 0.2) is 65.9 Å². The highest BCUT2D eigenvalue weighted by atomic mass is 19.1. The van der Waals surface area contributed by atoms with Gasteiger partial charge in [-0.2, -0.15) is 0 Å². The van der Waals surface area contributed by atoms with E-state index in [4.69, 9.17) is 0 Å². The molecule has 27 heavy (non-hydrogen) atoms. The number of hydrogen-bond acceptors (Lipinski definition) is 4. The topological polar surface area (TPSA) is 72.9 Å². The van der Waals surface area contributed by atoms with Crippen LogP contribution >= 0.6 is 0 Å². The number of amides is 1. The molecule has 2 aromatic carbocycles. The summed E-state index contributed by atoms with van der Waals surface area (Å²) in [7, 11) is 1.68. The Hall–Kier alpha value is -3.19. The summed E-state index contributed by atoms with van der Waals surface area (Å²) in [4.78, 5) is 25.1. The third-order valence-electron chi connectivity index (χ3n) is 4.48. The smallest absolute Gasteiger partial charge is 0.335 e. The normalized spacial score (nSPS) is 18.0. The standard InChI is InChI=1S/C20H20FN3O3/c1-3-24-19(25)17(22-15-11-7-10-14(21)12-15)16(20(26)27)18(23(24)2)13-8-5-4-6-9-13/h4-12,18,22H,3H2,1-2H3,(H,26,27). The molecule has 140 valence electrons. The molecular formula is C20H20FN3O3. The van der Waals surface area contributed by atoms with Crippen molar-refractivity contribution < 1.29 is 19.1 Å². The van der Waals surface area contributed by atoms with Gasteiger partial charge in [0, 0.05) is 19.3 Å². The Morgan fingerprint density at radius 1 is 1.19 bits per heavy atom. The van der Waals surface area contributed by atoms with E-state index in [0.29, 0.717) is 12.2 Å². The Labute approximate surface area is 156 Å². The average Bonchev–Trinajstić information content (AvgIpc) is 2.64. The maximum Gasteiger partial charge on any atom is 0.335 e. The van der Waals surface area contributed by atoms with E-state index in [0.717, 1.165) is 5.56 Å². The molecule has 0 bridgehead atoms. The fraction of sp³-hybridized carbons (Fsp3) is 0.200. The van der Waals surface area contributed by atoms with E-state index >= 15 is 0 Å². The number of carboxylic acid groups (broad SMARTS) is 1. The molecule has 1 aliphatic heterocycles. The highest BCUT2D eigenvalue weighted by molar-refractivity contribution is 6.06. The number of carbonyl (C=O) groups excluding carboxylic acids is 1. The number of carbonyl (C=O) groups is 2. The van der Waals surface area contributed by atoms with Crippen LogP contribution in [0.3, 0.4) is 0 Å². The number of benzene rings is 2. The predicted molar refractivity (Wildman–Crippen MR) is 99.0 cm³/mol. The van der Waals surface area contributed by atoms with E-state index in [1.54, 1.807) is 18.1 Å². The van der Waals surface area contributed by atoms with E-state index in [1.165, 1.54) is 23.2 Å². The van der Waals surface area contributed by atoms with Crippen molar-refractivity contribution in [3.63, 3.8) is 0 Å². The van der Waals surface area contributed by atoms with Gasteiger partial charge in [0.25, 0.3) is 5.91 Å². The molecule has 3 rings (SSSR count). The largest absolute Gasteiger partial charge is 0.478 e. The summed E-state index contributed by atoms with van der Waals surface area (Å²) in [5, 5.41) is 15.8. The zero-order valence-corrected chi connectivity index (χ0v) is 15.0. The molecule has 0 fully saturated rings. The number of halogens is 1. The molecule has 0 aliphatic carbocycles. The van der Waals surface area contributed by atoms with Gasteiger partial charge < -0.3 is 10.4 Å². The molecule has 1 heterocycles. The van der Waals surface area contributed by atoms with Crippen molar-refractivity contribution in [1.82, 2.24) is 10.0 Å². The first kappa shape index (κ1) is 18.6. The van der Waals surface area contributed by atoms with Crippen LogP contribution in [0.2, 0.25) is 0 Å². The Balaban J connectivity index is 2.18. The predicted octanol–water partition coefficient (Wildman–Crippen LogP) is 3.03. The first-order chi connectivity index (χ1) is 12.9. The van der Waals surface area contributed by atoms with Gasteiger partial charge in [0.2, 0.25) is 0 Å². The summed E-state index contributed by atoms with van der Waals surface area (Å²) in [5.74, 6) is -2.17. The molecular weight excluding hydrogens is 349 g/mol. The Morgan fingerprint density at radius 3 is 2.48 bits per heavy atom. The van der Waals surface area contributed by atoms with Crippen LogP contribution in [-0.4, -0.2) is 40.6 Å². The fourth-order valence-corrected chi connectivity index (χ4v) is 3.29. The maximum absolute atomic E-state index is 13.5. The molecule has 6 nitrogen and oxygen atoms in total. The quantitative estimate of drug-likeness (QED) is 0.848. The van der Waals surface area contributed by atoms with Crippen molar-refractivity contribution in [3.8, 4) is 0 Å². The number of carboxylic acids is 1. The molecule has 0 aromatic heterocycles. The zero-order valence-electron chi connectivity index (χ0n) is 15.0. The summed E-state index contributed by atoms with van der Waals surface area (Å²) in [6.45, 7) is 2.17. The zero-order chi connectivity index (χ0) is 19.6. The Morgan fingerprint density at radius 2 is 1.89 bits per heavy atom. The minimum Gasteiger partial charge on any atom is -0.478 e. The molecule has 1 amide bonds. The molecule has 1 aliphatic rings. The van der Waals surface area contributed by atoms with Crippen LogP contribution in [0.25, 0.3) is 0 Å². The Kier molecular flexibility index (Phi) is 5.23. The lowest BCUT2D eigenvalue weighted by atomic mass is 9.94. The first-order valence-electron chi connectivity index (χ1n) is 8.53. The van der Waals surface area contributed by atoms with E-state index in [9.17, 15) is 19.1 Å². The van der Waals surface area contributed by atoms with Crippen molar-refractivity contribution in [2.45, 2.75) is 13.0 Å². The number of rotatable bonds is 5. The van der Waals surface area contributed by atoms with E-state index in [-0.39, 0.29) is 11.3 Å². The van der Waals surface area contributed by atoms with Gasteiger partial charge in [0.05, 0.1) is 11.6 Å². The highest BCUT2D eigenvalue weighted by Crippen LogP contribution is 2.36. The van der Waals surface area contributed by atoms with Crippen LogP contribution in [0.5, 0.6) is 0 Å². The first-order valence-corrected chi connectivity index (χ1v) is 8.53. The van der Waals surface area contributed by atoms with Gasteiger partial charge >= 0.3 is 5.97 Å². The minimum atomic E-state index is -1.21. The van der Waals surface area contributed by atoms with Gasteiger partial charge in [-0.05, 0) is 30.7 Å². The lowest BCUT2D eigenvalue weighted by Gasteiger charge is -2.42. The van der Waals surface area contributed by atoms with E-state index in [2.05, 4.69) is 5.32 Å². The van der Waals surface area contributed by atoms with Gasteiger partial charge in [-0.15, -0.1) is 0 Å². The summed E-state index contributed by atoms with van der Waals surface area (Å²) < 4.78 is 13.5. The maximum atomic E-state index is 13.5. The summed E-state index contributed by atoms with van der Waals surface area (Å²) >= 11 is 0. The second-order valence-electron chi connectivity index (χ2n) is 6.14.